The first-order valence-electron chi connectivity index (χ1n) is 9.50. The van der Waals surface area contributed by atoms with Crippen molar-refractivity contribution >= 4 is 5.91 Å². The van der Waals surface area contributed by atoms with E-state index in [1.165, 1.54) is 12.1 Å². The first kappa shape index (κ1) is 17.1. The maximum Gasteiger partial charge on any atom is 0.272 e. The summed E-state index contributed by atoms with van der Waals surface area (Å²) >= 11 is 0. The Kier molecular flexibility index (Phi) is 4.02. The lowest BCUT2D eigenvalue weighted by molar-refractivity contribution is 0.0909. The molecular weight excluding hydrogens is 357 g/mol. The third-order valence-corrected chi connectivity index (χ3v) is 5.74. The van der Waals surface area contributed by atoms with Crippen LogP contribution in [-0.4, -0.2) is 27.4 Å². The summed E-state index contributed by atoms with van der Waals surface area (Å²) in [6, 6.07) is 15.1. The number of carbonyl (C=O) groups excluding carboxylic acids is 1. The highest BCUT2D eigenvalue weighted by Gasteiger charge is 2.50. The van der Waals surface area contributed by atoms with Crippen molar-refractivity contribution in [1.82, 2.24) is 15.1 Å². The summed E-state index contributed by atoms with van der Waals surface area (Å²) in [5, 5.41) is 17.2. The molecule has 0 saturated heterocycles. The van der Waals surface area contributed by atoms with Crippen LogP contribution in [0.4, 0.5) is 4.39 Å². The van der Waals surface area contributed by atoms with E-state index in [9.17, 15) is 14.3 Å². The summed E-state index contributed by atoms with van der Waals surface area (Å²) in [6.45, 7) is -0.193. The zero-order valence-electron chi connectivity index (χ0n) is 15.2. The van der Waals surface area contributed by atoms with Crippen molar-refractivity contribution in [3.05, 3.63) is 82.9 Å². The normalized spacial score (nSPS) is 20.4. The van der Waals surface area contributed by atoms with Crippen LogP contribution in [0.1, 0.15) is 45.7 Å². The van der Waals surface area contributed by atoms with E-state index in [0.29, 0.717) is 17.5 Å². The molecule has 2 N–H and O–H groups in total. The van der Waals surface area contributed by atoms with Gasteiger partial charge in [0.05, 0.1) is 24.0 Å². The van der Waals surface area contributed by atoms with E-state index in [-0.39, 0.29) is 18.3 Å². The summed E-state index contributed by atoms with van der Waals surface area (Å²) in [6.07, 6.45) is 1.96. The molecule has 1 aromatic heterocycles. The molecule has 0 aliphatic heterocycles. The lowest BCUT2D eigenvalue weighted by Crippen LogP contribution is -2.31. The topological polar surface area (TPSA) is 67.2 Å². The van der Waals surface area contributed by atoms with E-state index in [1.54, 1.807) is 16.8 Å². The molecule has 2 aliphatic carbocycles. The smallest absolute Gasteiger partial charge is 0.272 e. The predicted octanol–water partition coefficient (Wildman–Crippen LogP) is 3.13. The Bertz CT molecular complexity index is 1030. The van der Waals surface area contributed by atoms with Crippen LogP contribution >= 0.6 is 0 Å². The fraction of sp³-hybridized carbons (Fsp3) is 0.273. The van der Waals surface area contributed by atoms with Gasteiger partial charge in [-0.25, -0.2) is 9.07 Å². The Balaban J connectivity index is 1.49. The van der Waals surface area contributed by atoms with E-state index in [0.717, 1.165) is 35.3 Å². The number of hydrogen-bond donors (Lipinski definition) is 2. The minimum atomic E-state index is -0.490. The molecule has 0 unspecified atom stereocenters. The van der Waals surface area contributed by atoms with E-state index in [4.69, 9.17) is 0 Å². The number of amides is 1. The molecule has 2 aromatic carbocycles. The molecule has 0 bridgehead atoms. The number of carbonyl (C=O) groups is 1. The van der Waals surface area contributed by atoms with Gasteiger partial charge < -0.3 is 10.4 Å². The van der Waals surface area contributed by atoms with Gasteiger partial charge in [-0.2, -0.15) is 5.10 Å². The van der Waals surface area contributed by atoms with Crippen molar-refractivity contribution in [3.63, 3.8) is 0 Å². The Hall–Kier alpha value is -2.99. The second-order valence-electron chi connectivity index (χ2n) is 7.53. The molecule has 1 heterocycles. The number of halogens is 1. The predicted molar refractivity (Wildman–Crippen MR) is 102 cm³/mol. The van der Waals surface area contributed by atoms with Crippen LogP contribution in [0.25, 0.3) is 5.69 Å². The van der Waals surface area contributed by atoms with E-state index in [1.807, 2.05) is 30.3 Å². The van der Waals surface area contributed by atoms with E-state index < -0.39 is 6.04 Å². The summed E-state index contributed by atoms with van der Waals surface area (Å²) in [5.74, 6) is 0.413. The number of aliphatic hydroxyl groups is 1. The molecule has 3 atom stereocenters. The average Bonchev–Trinajstić information content (AvgIpc) is 3.22. The highest BCUT2D eigenvalue weighted by atomic mass is 19.1. The second-order valence-corrected chi connectivity index (χ2v) is 7.53. The van der Waals surface area contributed by atoms with Gasteiger partial charge in [-0.15, -0.1) is 0 Å². The van der Waals surface area contributed by atoms with Crippen molar-refractivity contribution in [2.45, 2.75) is 24.8 Å². The lowest BCUT2D eigenvalue weighted by atomic mass is 10.1. The van der Waals surface area contributed by atoms with Crippen LogP contribution in [0.5, 0.6) is 0 Å². The van der Waals surface area contributed by atoms with Crippen LogP contribution in [-0.2, 0) is 6.42 Å². The molecule has 3 aromatic rings. The zero-order valence-corrected chi connectivity index (χ0v) is 15.2. The van der Waals surface area contributed by atoms with Crippen LogP contribution in [0.2, 0.25) is 0 Å². The van der Waals surface area contributed by atoms with Gasteiger partial charge in [0.2, 0.25) is 0 Å². The highest BCUT2D eigenvalue weighted by molar-refractivity contribution is 5.94. The van der Waals surface area contributed by atoms with Gasteiger partial charge >= 0.3 is 0 Å². The van der Waals surface area contributed by atoms with Gasteiger partial charge in [0.15, 0.2) is 5.69 Å². The van der Waals surface area contributed by atoms with Gasteiger partial charge in [-0.05, 0) is 48.6 Å². The molecule has 1 fully saturated rings. The first-order valence-corrected chi connectivity index (χ1v) is 9.50. The number of nitrogens with zero attached hydrogens (tertiary/aromatic N) is 2. The summed E-state index contributed by atoms with van der Waals surface area (Å²) in [4.78, 5) is 13.0. The molecule has 1 amide bonds. The van der Waals surface area contributed by atoms with Gasteiger partial charge in [-0.1, -0.05) is 30.3 Å². The van der Waals surface area contributed by atoms with Crippen LogP contribution in [0.15, 0.2) is 54.6 Å². The number of nitrogens with one attached hydrogen (secondary N) is 1. The Morgan fingerprint density at radius 3 is 2.68 bits per heavy atom. The van der Waals surface area contributed by atoms with Crippen molar-refractivity contribution in [1.29, 1.82) is 0 Å². The molecule has 5 nitrogen and oxygen atoms in total. The quantitative estimate of drug-likeness (QED) is 0.718. The summed E-state index contributed by atoms with van der Waals surface area (Å²) < 4.78 is 15.1. The number of aromatic nitrogens is 2. The first-order chi connectivity index (χ1) is 13.7. The van der Waals surface area contributed by atoms with Gasteiger partial charge in [0, 0.05) is 11.5 Å². The van der Waals surface area contributed by atoms with Crippen LogP contribution < -0.4 is 5.32 Å². The van der Waals surface area contributed by atoms with Crippen molar-refractivity contribution in [2.75, 3.05) is 6.61 Å². The minimum Gasteiger partial charge on any atom is -0.394 e. The Labute approximate surface area is 161 Å². The van der Waals surface area contributed by atoms with Crippen LogP contribution in [0, 0.1) is 11.7 Å². The maximum atomic E-state index is 13.3. The molecule has 0 spiro atoms. The van der Waals surface area contributed by atoms with E-state index in [2.05, 4.69) is 10.4 Å². The molecule has 0 radical (unpaired) electrons. The minimum absolute atomic E-state index is 0.193. The van der Waals surface area contributed by atoms with Crippen LogP contribution in [0.3, 0.4) is 0 Å². The third kappa shape index (κ3) is 2.81. The Morgan fingerprint density at radius 2 is 1.96 bits per heavy atom. The van der Waals surface area contributed by atoms with Gasteiger partial charge in [-0.3, -0.25) is 4.79 Å². The number of rotatable bonds is 5. The van der Waals surface area contributed by atoms with Gasteiger partial charge in [0.25, 0.3) is 5.91 Å². The summed E-state index contributed by atoms with van der Waals surface area (Å²) in [7, 11) is 0. The molecule has 5 rings (SSSR count). The molecule has 2 aliphatic rings. The second kappa shape index (κ2) is 6.56. The highest BCUT2D eigenvalue weighted by Crippen LogP contribution is 2.57. The standard InChI is InChI=1S/C22H20FN3O2/c23-15-6-8-16(9-7-15)26-21-17-10-14(17)11-18(21)20(25-26)22(28)24-19(12-27)13-4-2-1-3-5-13/h1-9,14,17,19,27H,10-12H2,(H,24,28)/t14-,17-,19-/m1/s1. The summed E-state index contributed by atoms with van der Waals surface area (Å²) in [5.41, 5.74) is 4.05. The fourth-order valence-electron chi connectivity index (χ4n) is 4.22. The molecule has 1 saturated carbocycles. The SMILES string of the molecule is O=C(N[C@H](CO)c1ccccc1)c1nn(-c2ccc(F)cc2)c2c1C[C@H]1C[C@@H]21. The molecular formula is C22H20FN3O2. The number of hydrogen-bond acceptors (Lipinski definition) is 3. The number of aliphatic hydroxyl groups excluding tert-OH is 1. The van der Waals surface area contributed by atoms with E-state index >= 15 is 0 Å². The van der Waals surface area contributed by atoms with Gasteiger partial charge in [0.1, 0.15) is 5.82 Å². The fourth-order valence-corrected chi connectivity index (χ4v) is 4.22. The van der Waals surface area contributed by atoms with Crippen molar-refractivity contribution < 1.29 is 14.3 Å². The number of fused-ring (bicyclic) bond motifs is 3. The Morgan fingerprint density at radius 1 is 1.21 bits per heavy atom. The molecule has 142 valence electrons. The molecule has 6 heteroatoms. The average molecular weight is 377 g/mol. The van der Waals surface area contributed by atoms with Crippen molar-refractivity contribution in [2.24, 2.45) is 5.92 Å². The third-order valence-electron chi connectivity index (χ3n) is 5.74. The number of benzene rings is 2. The lowest BCUT2D eigenvalue weighted by Gasteiger charge is -2.16. The maximum absolute atomic E-state index is 13.3. The largest absolute Gasteiger partial charge is 0.394 e. The zero-order chi connectivity index (χ0) is 19.3. The monoisotopic (exact) mass is 377 g/mol. The van der Waals surface area contributed by atoms with Crippen molar-refractivity contribution in [3.8, 4) is 5.69 Å². The molecule has 28 heavy (non-hydrogen) atoms.